The summed E-state index contributed by atoms with van der Waals surface area (Å²) < 4.78 is 1.94. The number of hydrogen-bond donors (Lipinski definition) is 0. The van der Waals surface area contributed by atoms with Crippen LogP contribution < -0.4 is 5.56 Å². The average Bonchev–Trinajstić information content (AvgIpc) is 3.06. The van der Waals surface area contributed by atoms with Crippen LogP contribution in [0.15, 0.2) is 35.1 Å². The van der Waals surface area contributed by atoms with Gasteiger partial charge < -0.3 is 0 Å². The van der Waals surface area contributed by atoms with E-state index in [1.54, 1.807) is 11.3 Å². The first-order chi connectivity index (χ1) is 12.8. The van der Waals surface area contributed by atoms with Gasteiger partial charge >= 0.3 is 0 Å². The van der Waals surface area contributed by atoms with Gasteiger partial charge in [-0.15, -0.1) is 11.3 Å². The molecule has 0 spiro atoms. The summed E-state index contributed by atoms with van der Waals surface area (Å²) in [6.45, 7) is 2.98. The number of benzene rings is 1. The van der Waals surface area contributed by atoms with Crippen LogP contribution in [0.1, 0.15) is 55.9 Å². The van der Waals surface area contributed by atoms with Gasteiger partial charge in [-0.2, -0.15) is 0 Å². The first-order valence-corrected chi connectivity index (χ1v) is 10.7. The molecule has 136 valence electrons. The number of rotatable bonds is 6. The molecule has 0 amide bonds. The van der Waals surface area contributed by atoms with E-state index in [0.717, 1.165) is 53.8 Å². The molecule has 1 aromatic carbocycles. The molecule has 3 aromatic rings. The number of thiophene rings is 1. The van der Waals surface area contributed by atoms with Gasteiger partial charge in [0, 0.05) is 17.0 Å². The molecular formula is C22H26N2OS. The van der Waals surface area contributed by atoms with Gasteiger partial charge in [-0.25, -0.2) is 4.98 Å². The third kappa shape index (κ3) is 3.23. The van der Waals surface area contributed by atoms with Crippen LogP contribution in [0.4, 0.5) is 0 Å². The van der Waals surface area contributed by atoms with Crippen molar-refractivity contribution in [1.82, 2.24) is 9.55 Å². The summed E-state index contributed by atoms with van der Waals surface area (Å²) in [5.41, 5.74) is 2.49. The molecule has 2 heterocycles. The molecule has 4 heteroatoms. The van der Waals surface area contributed by atoms with Gasteiger partial charge in [-0.1, -0.05) is 56.5 Å². The zero-order chi connectivity index (χ0) is 17.9. The van der Waals surface area contributed by atoms with E-state index in [1.807, 2.05) is 22.8 Å². The van der Waals surface area contributed by atoms with Crippen LogP contribution in [0.2, 0.25) is 0 Å². The van der Waals surface area contributed by atoms with E-state index >= 15 is 0 Å². The highest BCUT2D eigenvalue weighted by molar-refractivity contribution is 7.18. The quantitative estimate of drug-likeness (QED) is 0.533. The number of fused-ring (bicyclic) bond motifs is 3. The second-order valence-electron chi connectivity index (χ2n) is 7.21. The molecule has 3 nitrogen and oxygen atoms in total. The van der Waals surface area contributed by atoms with Crippen molar-refractivity contribution < 1.29 is 0 Å². The van der Waals surface area contributed by atoms with Gasteiger partial charge in [0.15, 0.2) is 0 Å². The summed E-state index contributed by atoms with van der Waals surface area (Å²) in [5.74, 6) is 0.832. The van der Waals surface area contributed by atoms with Gasteiger partial charge in [-0.05, 0) is 37.7 Å². The van der Waals surface area contributed by atoms with Crippen molar-refractivity contribution in [2.24, 2.45) is 0 Å². The Balaban J connectivity index is 1.86. The van der Waals surface area contributed by atoms with Crippen molar-refractivity contribution >= 4 is 21.6 Å². The molecule has 0 saturated heterocycles. The maximum Gasteiger partial charge on any atom is 0.262 e. The topological polar surface area (TPSA) is 34.9 Å². The predicted octanol–water partition coefficient (Wildman–Crippen LogP) is 5.58. The minimum absolute atomic E-state index is 0.171. The van der Waals surface area contributed by atoms with Crippen LogP contribution in [-0.4, -0.2) is 9.55 Å². The molecule has 0 atom stereocenters. The lowest BCUT2D eigenvalue weighted by Crippen LogP contribution is -2.24. The Morgan fingerprint density at radius 1 is 1.08 bits per heavy atom. The molecule has 0 saturated carbocycles. The maximum atomic E-state index is 13.4. The van der Waals surface area contributed by atoms with Crippen LogP contribution in [0.25, 0.3) is 21.6 Å². The smallest absolute Gasteiger partial charge is 0.262 e. The van der Waals surface area contributed by atoms with Gasteiger partial charge in [0.1, 0.15) is 10.7 Å². The fourth-order valence-corrected chi connectivity index (χ4v) is 5.20. The van der Waals surface area contributed by atoms with Crippen molar-refractivity contribution in [1.29, 1.82) is 0 Å². The van der Waals surface area contributed by atoms with E-state index in [4.69, 9.17) is 4.98 Å². The maximum absolute atomic E-state index is 13.4. The Morgan fingerprint density at radius 3 is 2.69 bits per heavy atom. The number of unbranched alkanes of at least 4 members (excludes halogenated alkanes) is 3. The lowest BCUT2D eigenvalue weighted by atomic mass is 9.97. The number of nitrogens with zero attached hydrogens (tertiary/aromatic N) is 2. The highest BCUT2D eigenvalue weighted by atomic mass is 32.1. The average molecular weight is 367 g/mol. The Hall–Kier alpha value is -1.94. The van der Waals surface area contributed by atoms with E-state index in [0.29, 0.717) is 0 Å². The second-order valence-corrected chi connectivity index (χ2v) is 8.29. The van der Waals surface area contributed by atoms with Crippen LogP contribution in [0, 0.1) is 0 Å². The monoisotopic (exact) mass is 366 g/mol. The van der Waals surface area contributed by atoms with Crippen LogP contribution in [0.5, 0.6) is 0 Å². The van der Waals surface area contributed by atoms with Gasteiger partial charge in [0.25, 0.3) is 5.56 Å². The van der Waals surface area contributed by atoms with Gasteiger partial charge in [0.2, 0.25) is 0 Å². The Morgan fingerprint density at radius 2 is 1.88 bits per heavy atom. The van der Waals surface area contributed by atoms with E-state index < -0.39 is 0 Å². The summed E-state index contributed by atoms with van der Waals surface area (Å²) >= 11 is 1.74. The first kappa shape index (κ1) is 17.5. The summed E-state index contributed by atoms with van der Waals surface area (Å²) in [5, 5.41) is 0.903. The number of hydrogen-bond acceptors (Lipinski definition) is 3. The molecule has 0 aliphatic heterocycles. The molecule has 26 heavy (non-hydrogen) atoms. The highest BCUT2D eigenvalue weighted by Crippen LogP contribution is 2.34. The molecule has 0 N–H and O–H groups in total. The molecule has 1 aliphatic carbocycles. The zero-order valence-corrected chi connectivity index (χ0v) is 16.3. The molecular weight excluding hydrogens is 340 g/mol. The minimum Gasteiger partial charge on any atom is -0.292 e. The van der Waals surface area contributed by atoms with Crippen molar-refractivity contribution in [2.45, 2.75) is 64.8 Å². The standard InChI is InChI=1S/C22H26N2OS/c1-2-3-4-10-15-24-20(16-11-6-5-7-12-16)23-21-19(22(24)25)17-13-8-9-14-18(17)26-21/h5-7,11-12H,2-4,8-10,13-15H2,1H3. The minimum atomic E-state index is 0.171. The Bertz CT molecular complexity index is 956. The van der Waals surface area contributed by atoms with Crippen LogP contribution >= 0.6 is 11.3 Å². The van der Waals surface area contributed by atoms with Crippen molar-refractivity contribution in [3.8, 4) is 11.4 Å². The molecule has 0 unspecified atom stereocenters. The van der Waals surface area contributed by atoms with Crippen LogP contribution in [0.3, 0.4) is 0 Å². The molecule has 2 aromatic heterocycles. The van der Waals surface area contributed by atoms with Crippen LogP contribution in [-0.2, 0) is 19.4 Å². The molecule has 1 aliphatic rings. The van der Waals surface area contributed by atoms with E-state index in [-0.39, 0.29) is 5.56 Å². The predicted molar refractivity (Wildman–Crippen MR) is 110 cm³/mol. The van der Waals surface area contributed by atoms with E-state index in [2.05, 4.69) is 19.1 Å². The molecule has 4 rings (SSSR count). The Labute approximate surface area is 158 Å². The fourth-order valence-electron chi connectivity index (χ4n) is 3.95. The second kappa shape index (κ2) is 7.75. The zero-order valence-electron chi connectivity index (χ0n) is 15.5. The lowest BCUT2D eigenvalue weighted by Gasteiger charge is -2.14. The number of aromatic nitrogens is 2. The van der Waals surface area contributed by atoms with Crippen molar-refractivity contribution in [3.05, 3.63) is 51.1 Å². The summed E-state index contributed by atoms with van der Waals surface area (Å²) in [6, 6.07) is 10.2. The van der Waals surface area contributed by atoms with Gasteiger partial charge in [0.05, 0.1) is 5.39 Å². The molecule has 0 radical (unpaired) electrons. The molecule has 0 bridgehead atoms. The van der Waals surface area contributed by atoms with Crippen molar-refractivity contribution in [2.75, 3.05) is 0 Å². The third-order valence-corrected chi connectivity index (χ3v) is 6.53. The normalized spacial score (nSPS) is 13.9. The van der Waals surface area contributed by atoms with E-state index in [9.17, 15) is 4.79 Å². The van der Waals surface area contributed by atoms with Crippen molar-refractivity contribution in [3.63, 3.8) is 0 Å². The fraction of sp³-hybridized carbons (Fsp3) is 0.455. The van der Waals surface area contributed by atoms with E-state index in [1.165, 1.54) is 36.1 Å². The molecule has 0 fully saturated rings. The third-order valence-electron chi connectivity index (χ3n) is 5.34. The summed E-state index contributed by atoms with van der Waals surface area (Å²) in [6.07, 6.45) is 9.18. The SMILES string of the molecule is CCCCCCn1c(-c2ccccc2)nc2sc3c(c2c1=O)CCCC3. The lowest BCUT2D eigenvalue weighted by molar-refractivity contribution is 0.572. The Kier molecular flexibility index (Phi) is 5.21. The first-order valence-electron chi connectivity index (χ1n) is 9.90. The highest BCUT2D eigenvalue weighted by Gasteiger charge is 2.22. The van der Waals surface area contributed by atoms with Gasteiger partial charge in [-0.3, -0.25) is 9.36 Å². The number of aryl methyl sites for hydroxylation is 2. The largest absolute Gasteiger partial charge is 0.292 e. The summed E-state index contributed by atoms with van der Waals surface area (Å²) in [4.78, 5) is 20.8. The summed E-state index contributed by atoms with van der Waals surface area (Å²) in [7, 11) is 0.